The fourth-order valence-electron chi connectivity index (χ4n) is 2.47. The fourth-order valence-corrected chi connectivity index (χ4v) is 4.32. The Morgan fingerprint density at radius 2 is 2.00 bits per heavy atom. The highest BCUT2D eigenvalue weighted by molar-refractivity contribution is 7.89. The third-order valence-corrected chi connectivity index (χ3v) is 5.32. The zero-order valence-corrected chi connectivity index (χ0v) is 14.0. The van der Waals surface area contributed by atoms with Crippen LogP contribution in [-0.2, 0) is 14.8 Å². The van der Waals surface area contributed by atoms with Crippen LogP contribution in [0.3, 0.4) is 0 Å². The number of hydrogen-bond donors (Lipinski definition) is 2. The predicted molar refractivity (Wildman–Crippen MR) is 83.5 cm³/mol. The normalized spacial score (nSPS) is 22.6. The predicted octanol–water partition coefficient (Wildman–Crippen LogP) is 2.04. The van der Waals surface area contributed by atoms with E-state index in [-0.39, 0.29) is 27.0 Å². The van der Waals surface area contributed by atoms with Crippen molar-refractivity contribution in [1.82, 2.24) is 10.0 Å². The number of halogens is 2. The Kier molecular flexibility index (Phi) is 5.51. The minimum absolute atomic E-state index is 0.0607. The highest BCUT2D eigenvalue weighted by atomic mass is 35.5. The van der Waals surface area contributed by atoms with Crippen LogP contribution in [0.15, 0.2) is 23.1 Å². The van der Waals surface area contributed by atoms with E-state index in [9.17, 15) is 8.42 Å². The molecule has 1 aromatic carbocycles. The molecular formula is C13H18Cl2N2O3S. The van der Waals surface area contributed by atoms with Crippen molar-refractivity contribution in [2.45, 2.75) is 23.3 Å². The number of benzene rings is 1. The molecule has 0 spiro atoms. The standard InChI is InChI=1S/C13H18Cl2N2O3S/c1-20-9-13(3-2-4-16-13)8-17-21(18,19)12-6-10(14)5-11(15)7-12/h5-7,16-17H,2-4,8-9H2,1H3. The molecule has 0 radical (unpaired) electrons. The maximum absolute atomic E-state index is 12.3. The molecule has 0 aromatic heterocycles. The van der Waals surface area contributed by atoms with Gasteiger partial charge in [-0.05, 0) is 37.6 Å². The first-order chi connectivity index (χ1) is 9.87. The van der Waals surface area contributed by atoms with Crippen LogP contribution in [0, 0.1) is 0 Å². The third-order valence-electron chi connectivity index (χ3n) is 3.50. The number of nitrogens with one attached hydrogen (secondary N) is 2. The zero-order valence-electron chi connectivity index (χ0n) is 11.7. The maximum Gasteiger partial charge on any atom is 0.240 e. The smallest absolute Gasteiger partial charge is 0.240 e. The molecule has 118 valence electrons. The summed E-state index contributed by atoms with van der Waals surface area (Å²) in [5, 5.41) is 3.89. The van der Waals surface area contributed by atoms with Gasteiger partial charge in [0.05, 0.1) is 17.0 Å². The highest BCUT2D eigenvalue weighted by Gasteiger charge is 2.34. The molecule has 2 N–H and O–H groups in total. The van der Waals surface area contributed by atoms with Crippen molar-refractivity contribution in [3.05, 3.63) is 28.2 Å². The molecule has 5 nitrogen and oxygen atoms in total. The topological polar surface area (TPSA) is 67.4 Å². The van der Waals surface area contributed by atoms with Gasteiger partial charge in [0.2, 0.25) is 10.0 Å². The molecule has 8 heteroatoms. The summed E-state index contributed by atoms with van der Waals surface area (Å²) < 4.78 is 32.5. The van der Waals surface area contributed by atoms with E-state index in [0.717, 1.165) is 19.4 Å². The van der Waals surface area contributed by atoms with E-state index in [1.807, 2.05) is 0 Å². The lowest BCUT2D eigenvalue weighted by molar-refractivity contribution is 0.122. The summed E-state index contributed by atoms with van der Waals surface area (Å²) in [6.07, 6.45) is 1.85. The number of hydrogen-bond acceptors (Lipinski definition) is 4. The Balaban J connectivity index is 2.13. The van der Waals surface area contributed by atoms with E-state index < -0.39 is 10.0 Å². The summed E-state index contributed by atoms with van der Waals surface area (Å²) >= 11 is 11.7. The Morgan fingerprint density at radius 1 is 1.33 bits per heavy atom. The number of rotatable bonds is 6. The van der Waals surface area contributed by atoms with Gasteiger partial charge in [0.25, 0.3) is 0 Å². The van der Waals surface area contributed by atoms with Crippen LogP contribution < -0.4 is 10.0 Å². The van der Waals surface area contributed by atoms with Crippen molar-refractivity contribution in [2.24, 2.45) is 0 Å². The van der Waals surface area contributed by atoms with Gasteiger partial charge in [-0.15, -0.1) is 0 Å². The first-order valence-electron chi connectivity index (χ1n) is 6.57. The molecule has 1 heterocycles. The van der Waals surface area contributed by atoms with Gasteiger partial charge in [-0.25, -0.2) is 13.1 Å². The summed E-state index contributed by atoms with van der Waals surface area (Å²) in [5.74, 6) is 0. The summed E-state index contributed by atoms with van der Waals surface area (Å²) in [6.45, 7) is 1.56. The van der Waals surface area contributed by atoms with E-state index in [2.05, 4.69) is 10.0 Å². The Hall–Kier alpha value is -0.370. The van der Waals surface area contributed by atoms with Gasteiger partial charge in [0, 0.05) is 23.7 Å². The van der Waals surface area contributed by atoms with Gasteiger partial charge in [0.15, 0.2) is 0 Å². The van der Waals surface area contributed by atoms with Crippen LogP contribution in [0.1, 0.15) is 12.8 Å². The van der Waals surface area contributed by atoms with E-state index in [1.54, 1.807) is 7.11 Å². The molecule has 2 rings (SSSR count). The first kappa shape index (κ1) is 17.0. The summed E-state index contributed by atoms with van der Waals surface area (Å²) in [6, 6.07) is 4.24. The SMILES string of the molecule is COCC1(CNS(=O)(=O)c2cc(Cl)cc(Cl)c2)CCCN1. The number of sulfonamides is 1. The van der Waals surface area contributed by atoms with Gasteiger partial charge in [-0.3, -0.25) is 0 Å². The van der Waals surface area contributed by atoms with Crippen LogP contribution >= 0.6 is 23.2 Å². The second kappa shape index (κ2) is 6.81. The van der Waals surface area contributed by atoms with Crippen molar-refractivity contribution in [2.75, 3.05) is 26.8 Å². The van der Waals surface area contributed by atoms with Crippen LogP contribution in [0.25, 0.3) is 0 Å². The molecule has 1 fully saturated rings. The molecule has 0 amide bonds. The molecule has 1 saturated heterocycles. The van der Waals surface area contributed by atoms with Crippen LogP contribution in [0.5, 0.6) is 0 Å². The van der Waals surface area contributed by atoms with Crippen molar-refractivity contribution in [1.29, 1.82) is 0 Å². The monoisotopic (exact) mass is 352 g/mol. The molecule has 0 saturated carbocycles. The van der Waals surface area contributed by atoms with Gasteiger partial charge >= 0.3 is 0 Å². The van der Waals surface area contributed by atoms with Gasteiger partial charge < -0.3 is 10.1 Å². The van der Waals surface area contributed by atoms with Crippen molar-refractivity contribution in [3.8, 4) is 0 Å². The third kappa shape index (κ3) is 4.31. The van der Waals surface area contributed by atoms with E-state index in [0.29, 0.717) is 6.61 Å². The lowest BCUT2D eigenvalue weighted by atomic mass is 9.99. The molecule has 1 aromatic rings. The number of methoxy groups -OCH3 is 1. The van der Waals surface area contributed by atoms with E-state index >= 15 is 0 Å². The van der Waals surface area contributed by atoms with Gasteiger partial charge in [-0.2, -0.15) is 0 Å². The lowest BCUT2D eigenvalue weighted by Gasteiger charge is -2.28. The Labute approximate surface area is 135 Å². The molecule has 1 aliphatic rings. The zero-order chi connectivity index (χ0) is 15.5. The highest BCUT2D eigenvalue weighted by Crippen LogP contribution is 2.23. The molecule has 1 aliphatic heterocycles. The van der Waals surface area contributed by atoms with Crippen LogP contribution in [0.2, 0.25) is 10.0 Å². The summed E-state index contributed by atoms with van der Waals surface area (Å²) in [7, 11) is -2.06. The fraction of sp³-hybridized carbons (Fsp3) is 0.538. The van der Waals surface area contributed by atoms with Crippen molar-refractivity contribution in [3.63, 3.8) is 0 Å². The van der Waals surface area contributed by atoms with Crippen molar-refractivity contribution >= 4 is 33.2 Å². The molecule has 1 atom stereocenters. The first-order valence-corrected chi connectivity index (χ1v) is 8.81. The van der Waals surface area contributed by atoms with Crippen molar-refractivity contribution < 1.29 is 13.2 Å². The quantitative estimate of drug-likeness (QED) is 0.821. The van der Waals surface area contributed by atoms with E-state index in [4.69, 9.17) is 27.9 Å². The largest absolute Gasteiger partial charge is 0.383 e. The maximum atomic E-state index is 12.3. The minimum atomic E-state index is -3.66. The number of ether oxygens (including phenoxy) is 1. The summed E-state index contributed by atoms with van der Waals surface area (Å²) in [5.41, 5.74) is -0.357. The average Bonchev–Trinajstić information content (AvgIpc) is 2.85. The molecular weight excluding hydrogens is 335 g/mol. The minimum Gasteiger partial charge on any atom is -0.383 e. The Morgan fingerprint density at radius 3 is 2.52 bits per heavy atom. The summed E-state index contributed by atoms with van der Waals surface area (Å²) in [4.78, 5) is 0.0607. The molecule has 21 heavy (non-hydrogen) atoms. The van der Waals surface area contributed by atoms with E-state index in [1.165, 1.54) is 18.2 Å². The second-order valence-corrected chi connectivity index (χ2v) is 7.81. The average molecular weight is 353 g/mol. The van der Waals surface area contributed by atoms with Crippen LogP contribution in [-0.4, -0.2) is 40.8 Å². The molecule has 0 aliphatic carbocycles. The Bertz CT molecular complexity index is 581. The van der Waals surface area contributed by atoms with Gasteiger partial charge in [0.1, 0.15) is 0 Å². The van der Waals surface area contributed by atoms with Crippen LogP contribution in [0.4, 0.5) is 0 Å². The molecule has 1 unspecified atom stereocenters. The molecule has 0 bridgehead atoms. The lowest BCUT2D eigenvalue weighted by Crippen LogP contribution is -2.52. The van der Waals surface area contributed by atoms with Gasteiger partial charge in [-0.1, -0.05) is 23.2 Å². The second-order valence-electron chi connectivity index (χ2n) is 5.17.